The zero-order valence-corrected chi connectivity index (χ0v) is 40.9. The molecule has 1 saturated heterocycles. The second-order valence-corrected chi connectivity index (χ2v) is 19.3. The number of halogens is 2. The molecule has 2 aromatic carbocycles. The SMILES string of the molecule is CC1(C)CN(CCC(=O)NCCOCCOCCOCCOCCC(=O)NC(CSCC(=O)N(CCCN)C(c2cc(-c3cc(F)ccc3F)cn2Cc2ccccc2)C(C)(C)C)C(=O)O)C1=O. The van der Waals surface area contributed by atoms with Crippen LogP contribution in [0.25, 0.3) is 11.1 Å². The van der Waals surface area contributed by atoms with Gasteiger partial charge in [0.05, 0.1) is 70.1 Å². The van der Waals surface area contributed by atoms with Gasteiger partial charge >= 0.3 is 5.97 Å². The van der Waals surface area contributed by atoms with Gasteiger partial charge in [-0.05, 0) is 62.1 Å². The van der Waals surface area contributed by atoms with Crippen molar-refractivity contribution in [3.63, 3.8) is 0 Å². The second kappa shape index (κ2) is 27.9. The smallest absolute Gasteiger partial charge is 0.327 e. The topological polar surface area (TPSA) is 204 Å². The van der Waals surface area contributed by atoms with Crippen molar-refractivity contribution in [2.75, 3.05) is 97.1 Å². The molecule has 2 heterocycles. The highest BCUT2D eigenvalue weighted by Crippen LogP contribution is 2.41. The fourth-order valence-electron chi connectivity index (χ4n) is 7.71. The third-order valence-corrected chi connectivity index (χ3v) is 12.1. The van der Waals surface area contributed by atoms with Crippen molar-refractivity contribution in [3.05, 3.63) is 83.7 Å². The lowest BCUT2D eigenvalue weighted by Crippen LogP contribution is -2.58. The van der Waals surface area contributed by atoms with Crippen LogP contribution in [0.2, 0.25) is 0 Å². The molecule has 0 bridgehead atoms. The van der Waals surface area contributed by atoms with E-state index in [1.807, 2.05) is 69.5 Å². The summed E-state index contributed by atoms with van der Waals surface area (Å²) in [5, 5.41) is 15.2. The quantitative estimate of drug-likeness (QED) is 0.0489. The molecule has 4 rings (SSSR count). The van der Waals surface area contributed by atoms with Crippen molar-refractivity contribution in [3.8, 4) is 11.1 Å². The van der Waals surface area contributed by atoms with E-state index in [0.29, 0.717) is 90.0 Å². The van der Waals surface area contributed by atoms with Crippen molar-refractivity contribution in [2.45, 2.75) is 72.5 Å². The van der Waals surface area contributed by atoms with E-state index in [1.54, 1.807) is 22.1 Å². The first-order valence-electron chi connectivity index (χ1n) is 23.1. The number of aromatic nitrogens is 1. The Morgan fingerprint density at radius 2 is 1.54 bits per heavy atom. The van der Waals surface area contributed by atoms with Crippen molar-refractivity contribution >= 4 is 41.4 Å². The maximum absolute atomic E-state index is 15.1. The number of carbonyl (C=O) groups excluding carboxylic acids is 4. The molecular weight excluding hydrogens is 903 g/mol. The Labute approximate surface area is 402 Å². The molecule has 0 aliphatic carbocycles. The van der Waals surface area contributed by atoms with Crippen molar-refractivity contribution in [1.82, 2.24) is 25.0 Å². The molecule has 5 N–H and O–H groups in total. The van der Waals surface area contributed by atoms with Gasteiger partial charge in [-0.2, -0.15) is 0 Å². The highest BCUT2D eigenvalue weighted by molar-refractivity contribution is 8.00. The minimum absolute atomic E-state index is 0.0434. The normalized spacial score (nSPS) is 14.3. The van der Waals surface area contributed by atoms with Gasteiger partial charge in [0.15, 0.2) is 0 Å². The van der Waals surface area contributed by atoms with Gasteiger partial charge in [0, 0.05) is 74.3 Å². The Morgan fingerprint density at radius 3 is 2.15 bits per heavy atom. The molecule has 0 saturated carbocycles. The van der Waals surface area contributed by atoms with E-state index in [1.165, 1.54) is 0 Å². The molecule has 1 aromatic heterocycles. The number of carbonyl (C=O) groups is 5. The Hall–Kier alpha value is -4.92. The number of β-lactam (4-membered cyclic amide) rings is 1. The predicted molar refractivity (Wildman–Crippen MR) is 256 cm³/mol. The van der Waals surface area contributed by atoms with Crippen LogP contribution in [-0.4, -0.2) is 152 Å². The van der Waals surface area contributed by atoms with E-state index < -0.39 is 41.0 Å². The number of hydrogen-bond acceptors (Lipinski definition) is 11. The van der Waals surface area contributed by atoms with Crippen LogP contribution in [0, 0.1) is 22.5 Å². The lowest BCUT2D eigenvalue weighted by molar-refractivity contribution is -0.156. The first-order chi connectivity index (χ1) is 32.4. The van der Waals surface area contributed by atoms with Gasteiger partial charge in [-0.15, -0.1) is 11.8 Å². The Morgan fingerprint density at radius 1 is 0.897 bits per heavy atom. The van der Waals surface area contributed by atoms with E-state index in [-0.39, 0.29) is 72.9 Å². The molecule has 4 amide bonds. The number of carboxylic acid groups (broad SMARTS) is 1. The molecule has 1 aliphatic heterocycles. The Balaban J connectivity index is 1.16. The minimum atomic E-state index is -1.26. The van der Waals surface area contributed by atoms with Gasteiger partial charge in [-0.1, -0.05) is 51.1 Å². The summed E-state index contributed by atoms with van der Waals surface area (Å²) in [6, 6.07) is 13.0. The van der Waals surface area contributed by atoms with Crippen LogP contribution < -0.4 is 16.4 Å². The molecule has 1 fully saturated rings. The number of rotatable bonds is 32. The van der Waals surface area contributed by atoms with Crippen molar-refractivity contribution < 1.29 is 56.8 Å². The molecule has 16 nitrogen and oxygen atoms in total. The van der Waals surface area contributed by atoms with Crippen LogP contribution in [0.1, 0.15) is 71.2 Å². The molecule has 19 heteroatoms. The largest absolute Gasteiger partial charge is 0.480 e. The monoisotopic (exact) mass is 972 g/mol. The average molecular weight is 973 g/mol. The lowest BCUT2D eigenvalue weighted by Gasteiger charge is -2.44. The fraction of sp³-hybridized carbons (Fsp3) is 0.571. The number of nitrogens with two attached hydrogens (primary N) is 1. The van der Waals surface area contributed by atoms with Gasteiger partial charge in [0.2, 0.25) is 23.6 Å². The first-order valence-corrected chi connectivity index (χ1v) is 24.2. The number of hydrogen-bond donors (Lipinski definition) is 4. The number of nitrogens with zero attached hydrogens (tertiary/aromatic N) is 3. The fourth-order valence-corrected chi connectivity index (χ4v) is 8.63. The summed E-state index contributed by atoms with van der Waals surface area (Å²) in [4.78, 5) is 66.4. The second-order valence-electron chi connectivity index (χ2n) is 18.3. The molecule has 3 aromatic rings. The number of carboxylic acids is 1. The van der Waals surface area contributed by atoms with E-state index in [4.69, 9.17) is 24.7 Å². The highest BCUT2D eigenvalue weighted by Gasteiger charge is 2.43. The number of ether oxygens (including phenoxy) is 4. The maximum atomic E-state index is 15.1. The molecule has 2 atom stereocenters. The zero-order valence-electron chi connectivity index (χ0n) is 40.1. The van der Waals surface area contributed by atoms with Gasteiger partial charge in [0.1, 0.15) is 17.7 Å². The van der Waals surface area contributed by atoms with Crippen LogP contribution >= 0.6 is 11.8 Å². The summed E-state index contributed by atoms with van der Waals surface area (Å²) in [6.07, 6.45) is 2.43. The maximum Gasteiger partial charge on any atom is 0.327 e. The van der Waals surface area contributed by atoms with E-state index >= 15 is 4.39 Å². The zero-order chi connectivity index (χ0) is 49.7. The van der Waals surface area contributed by atoms with Crippen LogP contribution in [-0.2, 0) is 49.5 Å². The number of likely N-dealkylation sites (tertiary alicyclic amines) is 1. The van der Waals surface area contributed by atoms with E-state index in [0.717, 1.165) is 35.5 Å². The standard InChI is InChI=1S/C49H70F2N6O10S/c1-48(2,3)45(41-28-36(38-29-37(50)12-13-39(38)51)31-56(41)30-35-10-7-6-8-11-35)57(18-9-16-52)44(60)33-68-32-40(46(61)62)54-43(59)15-20-64-22-24-66-26-27-67-25-23-65-21-17-53-42(58)14-19-55-34-49(4,5)47(55)63/h6-8,10-13,28-29,31,40,45H,9,14-27,30,32-34,52H2,1-5H3,(H,53,58)(H,54,59)(H,61,62). The van der Waals surface area contributed by atoms with Gasteiger partial charge in [-0.3, -0.25) is 19.2 Å². The molecule has 68 heavy (non-hydrogen) atoms. The number of thioether (sulfide) groups is 1. The average Bonchev–Trinajstić information content (AvgIpc) is 3.69. The van der Waals surface area contributed by atoms with Crippen LogP contribution in [0.3, 0.4) is 0 Å². The van der Waals surface area contributed by atoms with Crippen LogP contribution in [0.5, 0.6) is 0 Å². The van der Waals surface area contributed by atoms with E-state index in [9.17, 15) is 33.5 Å². The number of amides is 4. The first kappa shape index (κ1) is 55.7. The van der Waals surface area contributed by atoms with Gasteiger partial charge < -0.3 is 54.8 Å². The Bertz CT molecular complexity index is 2090. The van der Waals surface area contributed by atoms with Gasteiger partial charge in [0.25, 0.3) is 0 Å². The summed E-state index contributed by atoms with van der Waals surface area (Å²) >= 11 is 1.09. The summed E-state index contributed by atoms with van der Waals surface area (Å²) in [5.74, 6) is -3.41. The van der Waals surface area contributed by atoms with Crippen molar-refractivity contribution in [1.29, 1.82) is 0 Å². The molecular formula is C49H70F2N6O10S. The lowest BCUT2D eigenvalue weighted by atomic mass is 9.83. The third-order valence-electron chi connectivity index (χ3n) is 11.1. The number of nitrogens with one attached hydrogen (secondary N) is 2. The number of aliphatic carboxylic acids is 1. The van der Waals surface area contributed by atoms with E-state index in [2.05, 4.69) is 10.6 Å². The molecule has 2 unspecified atom stereocenters. The predicted octanol–water partition coefficient (Wildman–Crippen LogP) is 4.88. The number of benzene rings is 2. The van der Waals surface area contributed by atoms with Crippen LogP contribution in [0.4, 0.5) is 8.78 Å². The minimum Gasteiger partial charge on any atom is -0.480 e. The van der Waals surface area contributed by atoms with Crippen LogP contribution in [0.15, 0.2) is 60.8 Å². The summed E-state index contributed by atoms with van der Waals surface area (Å²) in [5.41, 5.74) is 7.29. The summed E-state index contributed by atoms with van der Waals surface area (Å²) in [6.45, 7) is 14.4. The molecule has 1 aliphatic rings. The summed E-state index contributed by atoms with van der Waals surface area (Å²) in [7, 11) is 0. The Kier molecular flexibility index (Phi) is 22.9. The third kappa shape index (κ3) is 18.2. The molecule has 0 radical (unpaired) electrons. The van der Waals surface area contributed by atoms with Gasteiger partial charge in [-0.25, -0.2) is 13.6 Å². The highest BCUT2D eigenvalue weighted by atomic mass is 32.2. The molecule has 376 valence electrons. The van der Waals surface area contributed by atoms with Crippen molar-refractivity contribution in [2.24, 2.45) is 16.6 Å². The summed E-state index contributed by atoms with van der Waals surface area (Å²) < 4.78 is 53.4. The molecule has 0 spiro atoms.